The van der Waals surface area contributed by atoms with Crippen molar-refractivity contribution in [2.75, 3.05) is 13.2 Å². The minimum atomic E-state index is -1.63. The van der Waals surface area contributed by atoms with Crippen molar-refractivity contribution < 1.29 is 49.3 Å². The second kappa shape index (κ2) is 60.6. The van der Waals surface area contributed by atoms with Crippen molar-refractivity contribution in [3.8, 4) is 0 Å². The van der Waals surface area contributed by atoms with Crippen molar-refractivity contribution in [1.29, 1.82) is 0 Å². The van der Waals surface area contributed by atoms with E-state index in [4.69, 9.17) is 14.2 Å². The third-order valence-corrected chi connectivity index (χ3v) is 15.7. The molecule has 0 bridgehead atoms. The first-order valence-electron chi connectivity index (χ1n) is 34.7. The van der Waals surface area contributed by atoms with Gasteiger partial charge in [0.15, 0.2) is 12.4 Å². The van der Waals surface area contributed by atoms with Gasteiger partial charge in [0, 0.05) is 6.42 Å². The molecule has 8 unspecified atom stereocenters. The van der Waals surface area contributed by atoms with Crippen LogP contribution >= 0.6 is 0 Å². The van der Waals surface area contributed by atoms with Crippen molar-refractivity contribution in [1.82, 2.24) is 5.32 Å². The zero-order chi connectivity index (χ0) is 61.7. The number of aliphatic hydroxyl groups is 5. The normalized spacial score (nSPS) is 19.1. The fourth-order valence-electron chi connectivity index (χ4n) is 10.2. The first-order chi connectivity index (χ1) is 41.7. The number of allylic oxidation sites excluding steroid dienone is 17. The van der Waals surface area contributed by atoms with Crippen LogP contribution in [-0.2, 0) is 23.8 Å². The lowest BCUT2D eigenvalue weighted by Gasteiger charge is -2.41. The highest BCUT2D eigenvalue weighted by Gasteiger charge is 2.47. The summed E-state index contributed by atoms with van der Waals surface area (Å²) >= 11 is 0. The molecule has 8 atom stereocenters. The maximum atomic E-state index is 13.5. The van der Waals surface area contributed by atoms with Crippen LogP contribution in [0, 0.1) is 0 Å². The molecule has 0 spiro atoms. The van der Waals surface area contributed by atoms with E-state index < -0.39 is 67.4 Å². The molecule has 1 aliphatic rings. The predicted molar refractivity (Wildman–Crippen MR) is 356 cm³/mol. The van der Waals surface area contributed by atoms with Gasteiger partial charge in [-0.15, -0.1) is 0 Å². The number of ether oxygens (including phenoxy) is 3. The Bertz CT molecular complexity index is 1800. The molecule has 0 radical (unpaired) electrons. The Balaban J connectivity index is 2.62. The molecule has 85 heavy (non-hydrogen) atoms. The topological polar surface area (TPSA) is 175 Å². The third-order valence-electron chi connectivity index (χ3n) is 15.7. The Morgan fingerprint density at radius 1 is 0.471 bits per heavy atom. The van der Waals surface area contributed by atoms with Gasteiger partial charge in [0.2, 0.25) is 5.91 Å². The lowest BCUT2D eigenvalue weighted by molar-refractivity contribution is -0.305. The van der Waals surface area contributed by atoms with E-state index in [0.717, 1.165) is 122 Å². The Labute approximate surface area is 519 Å². The first-order valence-corrected chi connectivity index (χ1v) is 34.7. The Morgan fingerprint density at radius 3 is 1.29 bits per heavy atom. The molecule has 0 saturated carbocycles. The van der Waals surface area contributed by atoms with Gasteiger partial charge in [-0.25, -0.2) is 0 Å². The second-order valence-electron chi connectivity index (χ2n) is 23.5. The van der Waals surface area contributed by atoms with Crippen LogP contribution in [0.2, 0.25) is 0 Å². The van der Waals surface area contributed by atoms with Crippen LogP contribution in [0.5, 0.6) is 0 Å². The molecule has 0 aromatic rings. The Hall–Kier alpha value is -3.68. The molecule has 1 saturated heterocycles. The van der Waals surface area contributed by atoms with Gasteiger partial charge >= 0.3 is 5.97 Å². The molecule has 0 aliphatic carbocycles. The highest BCUT2D eigenvalue weighted by atomic mass is 16.7. The van der Waals surface area contributed by atoms with Crippen molar-refractivity contribution in [2.24, 2.45) is 0 Å². The summed E-state index contributed by atoms with van der Waals surface area (Å²) in [4.78, 5) is 26.6. The van der Waals surface area contributed by atoms with E-state index in [-0.39, 0.29) is 19.4 Å². The van der Waals surface area contributed by atoms with E-state index in [2.05, 4.69) is 123 Å². The second-order valence-corrected chi connectivity index (χ2v) is 23.5. The number of aliphatic hydroxyl groups excluding tert-OH is 5. The minimum absolute atomic E-state index is 0.0935. The zero-order valence-corrected chi connectivity index (χ0v) is 54.2. The van der Waals surface area contributed by atoms with E-state index in [0.29, 0.717) is 12.8 Å². The molecule has 1 aliphatic heterocycles. The number of rotatable bonds is 58. The lowest BCUT2D eigenvalue weighted by atomic mass is 9.99. The van der Waals surface area contributed by atoms with Gasteiger partial charge in [-0.1, -0.05) is 278 Å². The summed E-state index contributed by atoms with van der Waals surface area (Å²) in [7, 11) is 0. The van der Waals surface area contributed by atoms with E-state index in [1.807, 2.05) is 6.08 Å². The van der Waals surface area contributed by atoms with Crippen LogP contribution in [0.1, 0.15) is 284 Å². The van der Waals surface area contributed by atoms with Crippen molar-refractivity contribution in [2.45, 2.75) is 333 Å². The lowest BCUT2D eigenvalue weighted by Crippen LogP contribution is -2.61. The first kappa shape index (κ1) is 79.3. The van der Waals surface area contributed by atoms with Crippen molar-refractivity contribution in [3.63, 3.8) is 0 Å². The van der Waals surface area contributed by atoms with E-state index in [9.17, 15) is 35.1 Å². The maximum absolute atomic E-state index is 13.5. The Morgan fingerprint density at radius 2 is 0.847 bits per heavy atom. The van der Waals surface area contributed by atoms with Gasteiger partial charge in [-0.2, -0.15) is 0 Å². The fraction of sp³-hybridized carbons (Fsp3) is 0.730. The molecule has 0 aromatic carbocycles. The predicted octanol–water partition coefficient (Wildman–Crippen LogP) is 17.6. The van der Waals surface area contributed by atoms with E-state index >= 15 is 0 Å². The molecule has 1 rings (SSSR count). The number of unbranched alkanes of at least 4 members (excludes halogenated alkanes) is 28. The molecule has 0 aromatic heterocycles. The molecule has 11 nitrogen and oxygen atoms in total. The molecule has 488 valence electrons. The summed E-state index contributed by atoms with van der Waals surface area (Å²) in [6, 6.07) is -1.04. The SMILES string of the molecule is CC/C=C\C/C=C\C/C=C\C/C=C\C/C=C\CCCCCCCCCCCCC(O)C(=O)NC(COC1OC(CO)C(O)C(O)C1OC(=O)CCCCCC/C=C\C/C=C\C/C=C\CCCCC)C(O)/C=C/CCCCCCCCCCCCC. The summed E-state index contributed by atoms with van der Waals surface area (Å²) in [5.74, 6) is -1.22. The van der Waals surface area contributed by atoms with Gasteiger partial charge in [-0.05, 0) is 109 Å². The van der Waals surface area contributed by atoms with Crippen LogP contribution in [0.3, 0.4) is 0 Å². The summed E-state index contributed by atoms with van der Waals surface area (Å²) in [6.07, 6.45) is 72.6. The summed E-state index contributed by atoms with van der Waals surface area (Å²) < 4.78 is 17.6. The quantitative estimate of drug-likeness (QED) is 0.0195. The number of nitrogens with one attached hydrogen (secondary N) is 1. The molecular weight excluding hydrogens is 1060 g/mol. The van der Waals surface area contributed by atoms with Crippen LogP contribution in [0.15, 0.2) is 109 Å². The number of hydrogen-bond donors (Lipinski definition) is 6. The van der Waals surface area contributed by atoms with Crippen LogP contribution < -0.4 is 5.32 Å². The number of amides is 1. The van der Waals surface area contributed by atoms with Gasteiger partial charge in [0.25, 0.3) is 0 Å². The summed E-state index contributed by atoms with van der Waals surface area (Å²) in [6.45, 7) is 5.65. The highest BCUT2D eigenvalue weighted by molar-refractivity contribution is 5.80. The van der Waals surface area contributed by atoms with Gasteiger partial charge in [-0.3, -0.25) is 9.59 Å². The maximum Gasteiger partial charge on any atom is 0.306 e. The van der Waals surface area contributed by atoms with Gasteiger partial charge < -0.3 is 45.1 Å². The van der Waals surface area contributed by atoms with Crippen LogP contribution in [0.25, 0.3) is 0 Å². The average molecular weight is 1190 g/mol. The smallest absolute Gasteiger partial charge is 0.306 e. The fourth-order valence-corrected chi connectivity index (χ4v) is 10.2. The molecule has 6 N–H and O–H groups in total. The summed E-state index contributed by atoms with van der Waals surface area (Å²) in [5.41, 5.74) is 0. The van der Waals surface area contributed by atoms with E-state index in [1.165, 1.54) is 116 Å². The van der Waals surface area contributed by atoms with Gasteiger partial charge in [0.1, 0.15) is 24.4 Å². The number of carbonyl (C=O) groups is 2. The number of carbonyl (C=O) groups excluding carboxylic acids is 2. The average Bonchev–Trinajstić information content (AvgIpc) is 3.22. The monoisotopic (exact) mass is 1190 g/mol. The molecule has 1 heterocycles. The minimum Gasteiger partial charge on any atom is -0.454 e. The Kier molecular flexibility index (Phi) is 56.6. The third kappa shape index (κ3) is 48.0. The standard InChI is InChI=1S/C74H127NO10/c1-4-7-10-13-16-19-22-25-27-29-30-31-32-33-34-35-36-37-39-40-43-46-49-52-55-58-61-67(78)73(82)75-65(66(77)60-57-54-51-48-45-42-24-21-18-15-12-9-6-3)64-83-74-72(71(81)70(80)68(63-76)84-74)85-69(79)62-59-56-53-50-47-44-41-38-28-26-23-20-17-14-11-8-5-2/h7,10,16-17,19-20,25-28,30-31,33-34,41,44,57,60,65-68,70-72,74,76-78,80-81H,4-6,8-9,11-15,18,21-24,29,32,35-40,42-43,45-56,58-59,61-64H2,1-3H3,(H,75,82)/b10-7-,19-16-,20-17-,27-25-,28-26-,31-30-,34-33-,44-41-,60-57+. The van der Waals surface area contributed by atoms with Crippen molar-refractivity contribution in [3.05, 3.63) is 109 Å². The molecule has 1 amide bonds. The van der Waals surface area contributed by atoms with Crippen LogP contribution in [-0.4, -0.2) is 99.6 Å². The highest BCUT2D eigenvalue weighted by Crippen LogP contribution is 2.26. The molecular formula is C74H127NO10. The van der Waals surface area contributed by atoms with Crippen LogP contribution in [0.4, 0.5) is 0 Å². The van der Waals surface area contributed by atoms with Gasteiger partial charge in [0.05, 0.1) is 25.4 Å². The van der Waals surface area contributed by atoms with E-state index in [1.54, 1.807) is 6.08 Å². The molecule has 11 heteroatoms. The van der Waals surface area contributed by atoms with Crippen molar-refractivity contribution >= 4 is 11.9 Å². The molecule has 1 fully saturated rings. The summed E-state index contributed by atoms with van der Waals surface area (Å²) in [5, 5.41) is 57.2. The zero-order valence-electron chi connectivity index (χ0n) is 54.2. The number of hydrogen-bond acceptors (Lipinski definition) is 10. The number of esters is 1. The largest absolute Gasteiger partial charge is 0.454 e.